The Kier molecular flexibility index (Phi) is 7.36. The molecule has 0 spiro atoms. The van der Waals surface area contributed by atoms with E-state index in [1.807, 2.05) is 32.1 Å². The van der Waals surface area contributed by atoms with Crippen molar-refractivity contribution in [3.8, 4) is 11.3 Å². The Morgan fingerprint density at radius 3 is 2.43 bits per heavy atom. The van der Waals surface area contributed by atoms with E-state index in [-0.39, 0.29) is 16.9 Å². The van der Waals surface area contributed by atoms with Gasteiger partial charge >= 0.3 is 6.09 Å². The second kappa shape index (κ2) is 9.85. The minimum absolute atomic E-state index is 0.213. The molecule has 1 N–H and O–H groups in total. The quantitative estimate of drug-likeness (QED) is 0.490. The van der Waals surface area contributed by atoms with Crippen molar-refractivity contribution in [3.63, 3.8) is 0 Å². The van der Waals surface area contributed by atoms with Crippen LogP contribution in [0.1, 0.15) is 96.2 Å². The third-order valence-electron chi connectivity index (χ3n) is 7.70. The first-order valence-corrected chi connectivity index (χ1v) is 14.0. The zero-order valence-corrected chi connectivity index (χ0v) is 23.5. The standard InChI is InChI=1S/C29H43N3O2S/c1-27(2,3)34-26(33)30-14-17-32-15-10-20(11-16-32)25-31-24(19-35-25)21-8-9-22-23(18-21)29(6,7)13-12-28(22,4)5/h8-9,18-20H,10-17H2,1-7H3,(H,30,33). The molecule has 5 nitrogen and oxygen atoms in total. The van der Waals surface area contributed by atoms with E-state index in [0.717, 1.165) is 38.2 Å². The zero-order valence-electron chi connectivity index (χ0n) is 22.7. The smallest absolute Gasteiger partial charge is 0.407 e. The predicted octanol–water partition coefficient (Wildman–Crippen LogP) is 6.86. The number of nitrogens with one attached hydrogen (secondary N) is 1. The zero-order chi connectivity index (χ0) is 25.4. The van der Waals surface area contributed by atoms with Crippen molar-refractivity contribution in [2.75, 3.05) is 26.2 Å². The molecule has 0 radical (unpaired) electrons. The highest BCUT2D eigenvalue weighted by molar-refractivity contribution is 7.10. The number of alkyl carbamates (subject to hydrolysis) is 1. The van der Waals surface area contributed by atoms with Crippen LogP contribution < -0.4 is 5.32 Å². The molecule has 0 atom stereocenters. The molecular weight excluding hydrogens is 454 g/mol. The molecule has 2 heterocycles. The molecule has 1 aromatic heterocycles. The number of piperidine rings is 1. The van der Waals surface area contributed by atoms with E-state index in [4.69, 9.17) is 9.72 Å². The summed E-state index contributed by atoms with van der Waals surface area (Å²) in [5.41, 5.74) is 5.37. The number of rotatable bonds is 5. The van der Waals surface area contributed by atoms with Gasteiger partial charge in [-0.15, -0.1) is 11.3 Å². The van der Waals surface area contributed by atoms with Gasteiger partial charge in [-0.25, -0.2) is 9.78 Å². The topological polar surface area (TPSA) is 54.5 Å². The van der Waals surface area contributed by atoms with E-state index < -0.39 is 5.60 Å². The first kappa shape index (κ1) is 26.2. The Bertz CT molecular complexity index is 1040. The van der Waals surface area contributed by atoms with Crippen molar-refractivity contribution < 1.29 is 9.53 Å². The van der Waals surface area contributed by atoms with Crippen LogP contribution in [0.25, 0.3) is 11.3 Å². The number of likely N-dealkylation sites (tertiary alicyclic amines) is 1. The fourth-order valence-corrected chi connectivity index (χ4v) is 6.39. The molecule has 1 aliphatic heterocycles. The van der Waals surface area contributed by atoms with Crippen LogP contribution in [0.2, 0.25) is 0 Å². The van der Waals surface area contributed by atoms with Gasteiger partial charge in [0.1, 0.15) is 5.60 Å². The summed E-state index contributed by atoms with van der Waals surface area (Å²) in [6.07, 6.45) is 4.36. The highest BCUT2D eigenvalue weighted by Crippen LogP contribution is 2.47. The number of thiazole rings is 1. The fraction of sp³-hybridized carbons (Fsp3) is 0.655. The summed E-state index contributed by atoms with van der Waals surface area (Å²) in [5, 5.41) is 6.38. The van der Waals surface area contributed by atoms with Crippen LogP contribution in [0.15, 0.2) is 23.6 Å². The van der Waals surface area contributed by atoms with Crippen LogP contribution in [0.5, 0.6) is 0 Å². The molecule has 6 heteroatoms. The van der Waals surface area contributed by atoms with E-state index >= 15 is 0 Å². The van der Waals surface area contributed by atoms with Crippen molar-refractivity contribution >= 4 is 17.4 Å². The van der Waals surface area contributed by atoms with Crippen molar-refractivity contribution in [2.45, 2.75) is 96.5 Å². The van der Waals surface area contributed by atoms with Gasteiger partial charge in [0.05, 0.1) is 10.7 Å². The minimum Gasteiger partial charge on any atom is -0.444 e. The van der Waals surface area contributed by atoms with Gasteiger partial charge in [0.2, 0.25) is 0 Å². The first-order valence-electron chi connectivity index (χ1n) is 13.1. The lowest BCUT2D eigenvalue weighted by Gasteiger charge is -2.42. The maximum absolute atomic E-state index is 11.8. The number of carbonyl (C=O) groups is 1. The summed E-state index contributed by atoms with van der Waals surface area (Å²) in [6, 6.07) is 7.05. The molecule has 0 saturated carbocycles. The van der Waals surface area contributed by atoms with Crippen molar-refractivity contribution in [1.29, 1.82) is 0 Å². The summed E-state index contributed by atoms with van der Waals surface area (Å²) in [4.78, 5) is 19.4. The molecule has 4 rings (SSSR count). The van der Waals surface area contributed by atoms with Gasteiger partial charge < -0.3 is 15.0 Å². The molecule has 192 valence electrons. The minimum atomic E-state index is -0.457. The van der Waals surface area contributed by atoms with E-state index in [1.165, 1.54) is 34.5 Å². The van der Waals surface area contributed by atoms with Crippen LogP contribution in [0.4, 0.5) is 4.79 Å². The number of hydrogen-bond acceptors (Lipinski definition) is 5. The lowest BCUT2D eigenvalue weighted by atomic mass is 9.63. The van der Waals surface area contributed by atoms with Crippen LogP contribution in [0, 0.1) is 0 Å². The van der Waals surface area contributed by atoms with Crippen molar-refractivity contribution in [2.24, 2.45) is 0 Å². The van der Waals surface area contributed by atoms with E-state index in [1.54, 1.807) is 0 Å². The molecule has 0 unspecified atom stereocenters. The van der Waals surface area contributed by atoms with Crippen molar-refractivity contribution in [3.05, 3.63) is 39.7 Å². The van der Waals surface area contributed by atoms with Gasteiger partial charge in [-0.2, -0.15) is 0 Å². The second-order valence-electron chi connectivity index (χ2n) is 12.6. The average molecular weight is 498 g/mol. The summed E-state index contributed by atoms with van der Waals surface area (Å²) in [5.74, 6) is 0.525. The van der Waals surface area contributed by atoms with Crippen molar-refractivity contribution in [1.82, 2.24) is 15.2 Å². The predicted molar refractivity (Wildman–Crippen MR) is 145 cm³/mol. The molecule has 2 aliphatic rings. The number of nitrogens with zero attached hydrogens (tertiary/aromatic N) is 2. The molecule has 1 amide bonds. The molecular formula is C29H43N3O2S. The largest absolute Gasteiger partial charge is 0.444 e. The third kappa shape index (κ3) is 6.26. The number of ether oxygens (including phenoxy) is 1. The Morgan fingerprint density at radius 1 is 1.11 bits per heavy atom. The van der Waals surface area contributed by atoms with Gasteiger partial charge in [0.15, 0.2) is 0 Å². The van der Waals surface area contributed by atoms with Crippen LogP contribution >= 0.6 is 11.3 Å². The van der Waals surface area contributed by atoms with Gasteiger partial charge in [0.25, 0.3) is 0 Å². The van der Waals surface area contributed by atoms with Gasteiger partial charge in [-0.3, -0.25) is 0 Å². The highest BCUT2D eigenvalue weighted by atomic mass is 32.1. The number of aromatic nitrogens is 1. The Hall–Kier alpha value is -1.92. The fourth-order valence-electron chi connectivity index (χ4n) is 5.39. The maximum atomic E-state index is 11.8. The Balaban J connectivity index is 1.34. The van der Waals surface area contributed by atoms with E-state index in [9.17, 15) is 4.79 Å². The summed E-state index contributed by atoms with van der Waals surface area (Å²) in [7, 11) is 0. The van der Waals surface area contributed by atoms with E-state index in [2.05, 4.69) is 61.5 Å². The molecule has 1 saturated heterocycles. The Morgan fingerprint density at radius 2 is 1.77 bits per heavy atom. The van der Waals surface area contributed by atoms with Crippen LogP contribution in [-0.4, -0.2) is 47.8 Å². The summed E-state index contributed by atoms with van der Waals surface area (Å²) >= 11 is 1.81. The molecule has 35 heavy (non-hydrogen) atoms. The molecule has 0 bridgehead atoms. The third-order valence-corrected chi connectivity index (χ3v) is 8.71. The second-order valence-corrected chi connectivity index (χ2v) is 13.5. The lowest BCUT2D eigenvalue weighted by molar-refractivity contribution is 0.0520. The molecule has 1 aromatic carbocycles. The molecule has 1 fully saturated rings. The summed E-state index contributed by atoms with van der Waals surface area (Å²) in [6.45, 7) is 18.7. The first-order chi connectivity index (χ1) is 16.3. The normalized spacial score (nSPS) is 20.3. The molecule has 2 aromatic rings. The van der Waals surface area contributed by atoms with E-state index in [0.29, 0.717) is 12.5 Å². The number of amides is 1. The molecule has 1 aliphatic carbocycles. The SMILES string of the molecule is CC(C)(C)OC(=O)NCCN1CCC(c2nc(-c3ccc4c(c3)C(C)(C)CCC4(C)C)cs2)CC1. The number of carbonyl (C=O) groups excluding carboxylic acids is 1. The number of fused-ring (bicyclic) bond motifs is 1. The van der Waals surface area contributed by atoms with Crippen LogP contribution in [-0.2, 0) is 15.6 Å². The monoisotopic (exact) mass is 497 g/mol. The number of benzene rings is 1. The van der Waals surface area contributed by atoms with Gasteiger partial charge in [0, 0.05) is 30.0 Å². The lowest BCUT2D eigenvalue weighted by Crippen LogP contribution is -2.40. The van der Waals surface area contributed by atoms with Gasteiger partial charge in [-0.1, -0.05) is 39.8 Å². The summed E-state index contributed by atoms with van der Waals surface area (Å²) < 4.78 is 5.32. The number of hydrogen-bond donors (Lipinski definition) is 1. The average Bonchev–Trinajstić information content (AvgIpc) is 3.26. The maximum Gasteiger partial charge on any atom is 0.407 e. The van der Waals surface area contributed by atoms with Gasteiger partial charge in [-0.05, 0) is 87.6 Å². The Labute approximate surface area is 215 Å². The van der Waals surface area contributed by atoms with Crippen LogP contribution in [0.3, 0.4) is 0 Å². The highest BCUT2D eigenvalue weighted by Gasteiger charge is 2.37.